The lowest BCUT2D eigenvalue weighted by Crippen LogP contribution is -2.20. The van der Waals surface area contributed by atoms with E-state index in [1.165, 1.54) is 0 Å². The minimum atomic E-state index is -5.02. The van der Waals surface area contributed by atoms with Gasteiger partial charge in [-0.25, -0.2) is 0 Å². The highest BCUT2D eigenvalue weighted by atomic mass is 19.4. The van der Waals surface area contributed by atoms with Crippen LogP contribution in [0.15, 0.2) is 0 Å². The third-order valence-corrected chi connectivity index (χ3v) is 1.25. The molecule has 0 spiro atoms. The van der Waals surface area contributed by atoms with Gasteiger partial charge in [0.05, 0.1) is 0 Å². The minimum absolute atomic E-state index is 0.192. The molecule has 0 fully saturated rings. The Kier molecular flexibility index (Phi) is 2.63. The number of ether oxygens (including phenoxy) is 1. The number of aromatic nitrogens is 2. The van der Waals surface area contributed by atoms with Crippen LogP contribution in [0.25, 0.3) is 0 Å². The third-order valence-electron chi connectivity index (χ3n) is 1.25. The van der Waals surface area contributed by atoms with Gasteiger partial charge in [-0.3, -0.25) is 0 Å². The Bertz CT molecular complexity index is 319. The van der Waals surface area contributed by atoms with E-state index in [2.05, 4.69) is 9.84 Å². The molecule has 1 heterocycles. The Balaban J connectivity index is 3.00. The summed E-state index contributed by atoms with van der Waals surface area (Å²) in [5.41, 5.74) is -0.234. The van der Waals surface area contributed by atoms with Crippen molar-refractivity contribution in [1.82, 2.24) is 9.78 Å². The average molecular weight is 215 g/mol. The molecule has 0 aliphatic heterocycles. The molecule has 8 heteroatoms. The lowest BCUT2D eigenvalue weighted by atomic mass is 10.4. The highest BCUT2D eigenvalue weighted by Gasteiger charge is 2.34. The average Bonchev–Trinajstić information content (AvgIpc) is 2.29. The second-order valence-corrected chi connectivity index (χ2v) is 2.31. The SMILES string of the molecule is Cc1[c]nn(C(F)F)c1OC(F)(F)F. The second-order valence-electron chi connectivity index (χ2n) is 2.31. The number of hydrogen-bond donors (Lipinski definition) is 0. The highest BCUT2D eigenvalue weighted by Crippen LogP contribution is 2.28. The van der Waals surface area contributed by atoms with E-state index in [9.17, 15) is 22.0 Å². The summed E-state index contributed by atoms with van der Waals surface area (Å²) in [6.45, 7) is -2.07. The summed E-state index contributed by atoms with van der Waals surface area (Å²) >= 11 is 0. The monoisotopic (exact) mass is 215 g/mol. The lowest BCUT2D eigenvalue weighted by Gasteiger charge is -2.10. The van der Waals surface area contributed by atoms with Crippen LogP contribution in [-0.4, -0.2) is 16.1 Å². The first-order valence-electron chi connectivity index (χ1n) is 3.32. The van der Waals surface area contributed by atoms with Gasteiger partial charge in [-0.15, -0.1) is 13.2 Å². The van der Waals surface area contributed by atoms with Crippen molar-refractivity contribution < 1.29 is 26.7 Å². The number of nitrogens with zero attached hydrogens (tertiary/aromatic N) is 2. The fourth-order valence-corrected chi connectivity index (χ4v) is 0.759. The van der Waals surface area contributed by atoms with Crippen LogP contribution in [0.2, 0.25) is 0 Å². The number of rotatable bonds is 2. The summed E-state index contributed by atoms with van der Waals surface area (Å²) < 4.78 is 62.4. The van der Waals surface area contributed by atoms with Gasteiger partial charge in [0.2, 0.25) is 5.88 Å². The predicted octanol–water partition coefficient (Wildman–Crippen LogP) is 2.29. The van der Waals surface area contributed by atoms with Crippen molar-refractivity contribution in [2.45, 2.75) is 19.8 Å². The van der Waals surface area contributed by atoms with Gasteiger partial charge in [0, 0.05) is 5.56 Å². The third kappa shape index (κ3) is 2.33. The molecule has 0 bridgehead atoms. The van der Waals surface area contributed by atoms with Crippen LogP contribution in [0.1, 0.15) is 12.1 Å². The Morgan fingerprint density at radius 1 is 1.43 bits per heavy atom. The fraction of sp³-hybridized carbons (Fsp3) is 0.500. The molecule has 0 aliphatic carbocycles. The molecule has 0 saturated heterocycles. The van der Waals surface area contributed by atoms with E-state index in [-0.39, 0.29) is 10.2 Å². The van der Waals surface area contributed by atoms with E-state index in [0.29, 0.717) is 0 Å². The zero-order valence-electron chi connectivity index (χ0n) is 6.77. The number of hydrogen-bond acceptors (Lipinski definition) is 2. The zero-order chi connectivity index (χ0) is 10.9. The molecular weight excluding hydrogens is 211 g/mol. The summed E-state index contributed by atoms with van der Waals surface area (Å²) in [4.78, 5) is 0. The Morgan fingerprint density at radius 2 is 2.00 bits per heavy atom. The standard InChI is InChI=1S/C6H4F5N2O/c1-3-2-12-13(5(7)8)4(3)14-6(9,10)11/h5H,1H3. The van der Waals surface area contributed by atoms with Gasteiger partial charge < -0.3 is 4.74 Å². The topological polar surface area (TPSA) is 27.1 Å². The maximum Gasteiger partial charge on any atom is 0.574 e. The minimum Gasteiger partial charge on any atom is -0.388 e. The summed E-state index contributed by atoms with van der Waals surface area (Å²) in [7, 11) is 0. The maximum atomic E-state index is 12.0. The molecule has 3 nitrogen and oxygen atoms in total. The molecular formula is C6H4F5N2O. The maximum absolute atomic E-state index is 12.0. The van der Waals surface area contributed by atoms with Crippen molar-refractivity contribution in [3.63, 3.8) is 0 Å². The second kappa shape index (κ2) is 3.43. The van der Waals surface area contributed by atoms with E-state index in [4.69, 9.17) is 0 Å². The molecule has 14 heavy (non-hydrogen) atoms. The molecule has 0 unspecified atom stereocenters. The van der Waals surface area contributed by atoms with E-state index in [1.54, 1.807) is 0 Å². The molecule has 0 saturated carbocycles. The molecule has 1 rings (SSSR count). The lowest BCUT2D eigenvalue weighted by molar-refractivity contribution is -0.278. The summed E-state index contributed by atoms with van der Waals surface area (Å²) in [6.07, 6.45) is -3.07. The first kappa shape index (κ1) is 10.7. The van der Waals surface area contributed by atoms with Crippen molar-refractivity contribution in [1.29, 1.82) is 0 Å². The number of alkyl halides is 5. The van der Waals surface area contributed by atoms with Gasteiger partial charge in [-0.05, 0) is 6.92 Å². The highest BCUT2D eigenvalue weighted by molar-refractivity contribution is 5.21. The van der Waals surface area contributed by atoms with Crippen LogP contribution in [0.4, 0.5) is 22.0 Å². The first-order valence-corrected chi connectivity index (χ1v) is 3.32. The molecule has 1 aromatic rings. The van der Waals surface area contributed by atoms with Crippen LogP contribution < -0.4 is 4.74 Å². The van der Waals surface area contributed by atoms with Crippen LogP contribution in [0.3, 0.4) is 0 Å². The smallest absolute Gasteiger partial charge is 0.388 e. The molecule has 0 N–H and O–H groups in total. The van der Waals surface area contributed by atoms with Crippen molar-refractivity contribution in [2.75, 3.05) is 0 Å². The van der Waals surface area contributed by atoms with Gasteiger partial charge >= 0.3 is 12.9 Å². The summed E-state index contributed by atoms with van der Waals surface area (Å²) in [6, 6.07) is 0. The van der Waals surface area contributed by atoms with Crippen LogP contribution in [0.5, 0.6) is 5.88 Å². The largest absolute Gasteiger partial charge is 0.574 e. The van der Waals surface area contributed by atoms with Crippen molar-refractivity contribution in [3.8, 4) is 5.88 Å². The fourth-order valence-electron chi connectivity index (χ4n) is 0.759. The van der Waals surface area contributed by atoms with Gasteiger partial charge in [0.1, 0.15) is 6.20 Å². The van der Waals surface area contributed by atoms with Gasteiger partial charge in [0.15, 0.2) is 0 Å². The van der Waals surface area contributed by atoms with E-state index >= 15 is 0 Å². The first-order chi connectivity index (χ1) is 6.31. The Morgan fingerprint density at radius 3 is 2.43 bits per heavy atom. The van der Waals surface area contributed by atoms with E-state index in [1.807, 2.05) is 6.20 Å². The molecule has 0 aromatic carbocycles. The molecule has 1 aromatic heterocycles. The quantitative estimate of drug-likeness (QED) is 0.707. The van der Waals surface area contributed by atoms with Crippen molar-refractivity contribution >= 4 is 0 Å². The number of halogens is 5. The van der Waals surface area contributed by atoms with Crippen LogP contribution in [-0.2, 0) is 0 Å². The predicted molar refractivity (Wildman–Crippen MR) is 33.7 cm³/mol. The molecule has 0 atom stereocenters. The van der Waals surface area contributed by atoms with Gasteiger partial charge in [-0.1, -0.05) is 0 Å². The van der Waals surface area contributed by atoms with Gasteiger partial charge in [0.25, 0.3) is 0 Å². The Labute approximate surface area is 75.1 Å². The normalized spacial score (nSPS) is 12.2. The van der Waals surface area contributed by atoms with E-state index in [0.717, 1.165) is 6.92 Å². The van der Waals surface area contributed by atoms with Gasteiger partial charge in [-0.2, -0.15) is 18.6 Å². The molecule has 1 radical (unpaired) electrons. The zero-order valence-corrected chi connectivity index (χ0v) is 6.77. The summed E-state index contributed by atoms with van der Waals surface area (Å²) in [5.74, 6) is -1.05. The van der Waals surface area contributed by atoms with Crippen molar-refractivity contribution in [2.24, 2.45) is 0 Å². The van der Waals surface area contributed by atoms with E-state index < -0.39 is 18.8 Å². The van der Waals surface area contributed by atoms with Crippen LogP contribution in [0, 0.1) is 13.1 Å². The Hall–Kier alpha value is -1.34. The van der Waals surface area contributed by atoms with Crippen molar-refractivity contribution in [3.05, 3.63) is 11.8 Å². The molecule has 0 aliphatic rings. The summed E-state index contributed by atoms with van der Waals surface area (Å²) in [5, 5.41) is 2.92. The molecule has 0 amide bonds. The molecule has 79 valence electrons. The number of aryl methyl sites for hydroxylation is 1. The van der Waals surface area contributed by atoms with Crippen LogP contribution >= 0.6 is 0 Å².